The van der Waals surface area contributed by atoms with E-state index in [0.717, 1.165) is 6.42 Å². The van der Waals surface area contributed by atoms with Crippen LogP contribution in [0.2, 0.25) is 0 Å². The number of fused-ring (bicyclic) bond motifs is 1. The first-order valence-electron chi connectivity index (χ1n) is 7.08. The fraction of sp³-hybridized carbons (Fsp3) is 0.267. The van der Waals surface area contributed by atoms with E-state index in [1.807, 2.05) is 36.6 Å². The van der Waals surface area contributed by atoms with Gasteiger partial charge in [-0.2, -0.15) is 9.40 Å². The zero-order valence-corrected chi connectivity index (χ0v) is 13.8. The third kappa shape index (κ3) is 2.79. The molecule has 0 spiro atoms. The van der Waals surface area contributed by atoms with Crippen molar-refractivity contribution in [2.45, 2.75) is 18.2 Å². The zero-order valence-electron chi connectivity index (χ0n) is 12.2. The van der Waals surface area contributed by atoms with Crippen LogP contribution in [0.3, 0.4) is 0 Å². The number of likely N-dealkylation sites (N-methyl/N-ethyl adjacent to an activating group) is 1. The first-order chi connectivity index (χ1) is 10.6. The number of hydrogen-bond acceptors (Lipinski definition) is 4. The van der Waals surface area contributed by atoms with Crippen LogP contribution in [0.1, 0.15) is 11.8 Å². The summed E-state index contributed by atoms with van der Waals surface area (Å²) in [6.45, 7) is 2.78. The summed E-state index contributed by atoms with van der Waals surface area (Å²) in [4.78, 5) is 1.45. The molecule has 0 unspecified atom stereocenters. The van der Waals surface area contributed by atoms with Crippen molar-refractivity contribution in [3.8, 4) is 0 Å². The van der Waals surface area contributed by atoms with Crippen molar-refractivity contribution in [3.05, 3.63) is 53.0 Å². The maximum Gasteiger partial charge on any atom is 0.246 e. The highest BCUT2D eigenvalue weighted by molar-refractivity contribution is 7.89. The monoisotopic (exact) mass is 335 g/mol. The Kier molecular flexibility index (Phi) is 4.28. The highest BCUT2D eigenvalue weighted by atomic mass is 32.2. The van der Waals surface area contributed by atoms with Crippen molar-refractivity contribution in [1.82, 2.24) is 13.9 Å². The highest BCUT2D eigenvalue weighted by Gasteiger charge is 2.26. The van der Waals surface area contributed by atoms with E-state index >= 15 is 0 Å². The summed E-state index contributed by atoms with van der Waals surface area (Å²) in [7, 11) is -3.53. The van der Waals surface area contributed by atoms with Crippen molar-refractivity contribution in [2.75, 3.05) is 13.1 Å². The molecule has 0 aliphatic rings. The van der Waals surface area contributed by atoms with E-state index in [-0.39, 0.29) is 4.90 Å². The molecule has 0 aliphatic heterocycles. The number of thiophene rings is 1. The summed E-state index contributed by atoms with van der Waals surface area (Å²) in [5.41, 5.74) is 0.608. The molecule has 3 rings (SSSR count). The Morgan fingerprint density at radius 2 is 2.14 bits per heavy atom. The Labute approximate surface area is 133 Å². The first-order valence-corrected chi connectivity index (χ1v) is 9.40. The van der Waals surface area contributed by atoms with Crippen molar-refractivity contribution in [1.29, 1.82) is 0 Å². The Balaban J connectivity index is 1.89. The summed E-state index contributed by atoms with van der Waals surface area (Å²) < 4.78 is 28.8. The van der Waals surface area contributed by atoms with E-state index in [1.165, 1.54) is 15.4 Å². The predicted octanol–water partition coefficient (Wildman–Crippen LogP) is 2.65. The quantitative estimate of drug-likeness (QED) is 0.696. The molecule has 0 saturated carbocycles. The van der Waals surface area contributed by atoms with Gasteiger partial charge in [0.15, 0.2) is 0 Å². The van der Waals surface area contributed by atoms with Gasteiger partial charge in [-0.25, -0.2) is 12.9 Å². The van der Waals surface area contributed by atoms with Gasteiger partial charge in [0.25, 0.3) is 0 Å². The van der Waals surface area contributed by atoms with Gasteiger partial charge in [0.05, 0.1) is 11.7 Å². The van der Waals surface area contributed by atoms with Gasteiger partial charge in [0.1, 0.15) is 4.90 Å². The molecule has 0 bridgehead atoms. The number of sulfonamides is 1. The van der Waals surface area contributed by atoms with Crippen LogP contribution in [0, 0.1) is 0 Å². The molecule has 0 N–H and O–H groups in total. The van der Waals surface area contributed by atoms with Gasteiger partial charge in [-0.05, 0) is 30.0 Å². The smallest absolute Gasteiger partial charge is 0.240 e. The molecule has 0 saturated heterocycles. The van der Waals surface area contributed by atoms with Crippen LogP contribution in [-0.4, -0.2) is 35.4 Å². The van der Waals surface area contributed by atoms with E-state index < -0.39 is 10.0 Å². The number of nitrogens with zero attached hydrogens (tertiary/aromatic N) is 3. The maximum absolute atomic E-state index is 12.9. The molecule has 7 heteroatoms. The van der Waals surface area contributed by atoms with Crippen molar-refractivity contribution in [3.63, 3.8) is 0 Å². The molecule has 0 fully saturated rings. The lowest BCUT2D eigenvalue weighted by atomic mass is 10.3. The van der Waals surface area contributed by atoms with E-state index in [9.17, 15) is 8.42 Å². The van der Waals surface area contributed by atoms with Crippen LogP contribution in [-0.2, 0) is 16.4 Å². The molecule has 0 aromatic carbocycles. The van der Waals surface area contributed by atoms with Crippen LogP contribution >= 0.6 is 11.3 Å². The first kappa shape index (κ1) is 15.2. The van der Waals surface area contributed by atoms with Gasteiger partial charge in [0.2, 0.25) is 10.0 Å². The lowest BCUT2D eigenvalue weighted by Crippen LogP contribution is -2.32. The Morgan fingerprint density at radius 1 is 1.27 bits per heavy atom. The number of rotatable bonds is 6. The molecule has 3 heterocycles. The zero-order chi connectivity index (χ0) is 15.6. The average Bonchev–Trinajstić information content (AvgIpc) is 3.17. The van der Waals surface area contributed by atoms with Gasteiger partial charge < -0.3 is 0 Å². The lowest BCUT2D eigenvalue weighted by Gasteiger charge is -2.19. The molecule has 3 aromatic heterocycles. The second-order valence-electron chi connectivity index (χ2n) is 4.87. The van der Waals surface area contributed by atoms with Crippen LogP contribution in [0.15, 0.2) is 53.0 Å². The molecular weight excluding hydrogens is 318 g/mol. The van der Waals surface area contributed by atoms with Gasteiger partial charge in [-0.1, -0.05) is 19.1 Å². The van der Waals surface area contributed by atoms with Crippen LogP contribution in [0.4, 0.5) is 0 Å². The maximum atomic E-state index is 12.9. The number of hydrogen-bond donors (Lipinski definition) is 0. The molecule has 116 valence electrons. The normalized spacial score (nSPS) is 12.3. The fourth-order valence-corrected chi connectivity index (χ4v) is 4.64. The van der Waals surface area contributed by atoms with E-state index in [0.29, 0.717) is 18.6 Å². The van der Waals surface area contributed by atoms with Crippen LogP contribution < -0.4 is 0 Å². The van der Waals surface area contributed by atoms with Crippen LogP contribution in [0.25, 0.3) is 5.52 Å². The van der Waals surface area contributed by atoms with Gasteiger partial charge >= 0.3 is 0 Å². The number of aromatic nitrogens is 2. The van der Waals surface area contributed by atoms with Crippen molar-refractivity contribution >= 4 is 26.9 Å². The van der Waals surface area contributed by atoms with Crippen molar-refractivity contribution < 1.29 is 8.42 Å². The minimum Gasteiger partial charge on any atom is -0.240 e. The number of pyridine rings is 1. The van der Waals surface area contributed by atoms with E-state index in [1.54, 1.807) is 28.1 Å². The van der Waals surface area contributed by atoms with Gasteiger partial charge in [0, 0.05) is 24.2 Å². The van der Waals surface area contributed by atoms with Crippen LogP contribution in [0.5, 0.6) is 0 Å². The summed E-state index contributed by atoms with van der Waals surface area (Å²) in [6, 6.07) is 9.42. The Morgan fingerprint density at radius 3 is 2.86 bits per heavy atom. The molecule has 0 aliphatic carbocycles. The minimum atomic E-state index is -3.53. The largest absolute Gasteiger partial charge is 0.246 e. The fourth-order valence-electron chi connectivity index (χ4n) is 2.39. The second kappa shape index (κ2) is 6.20. The topological polar surface area (TPSA) is 54.7 Å². The molecular formula is C15H17N3O2S2. The summed E-state index contributed by atoms with van der Waals surface area (Å²) >= 11 is 1.65. The summed E-state index contributed by atoms with van der Waals surface area (Å²) in [5, 5.41) is 6.13. The molecule has 22 heavy (non-hydrogen) atoms. The molecule has 0 atom stereocenters. The highest BCUT2D eigenvalue weighted by Crippen LogP contribution is 2.21. The van der Waals surface area contributed by atoms with E-state index in [2.05, 4.69) is 5.10 Å². The summed E-state index contributed by atoms with van der Waals surface area (Å²) in [6.07, 6.45) is 3.90. The molecule has 3 aromatic rings. The Hall–Kier alpha value is -1.70. The summed E-state index contributed by atoms with van der Waals surface area (Å²) in [5.74, 6) is 0. The molecule has 0 radical (unpaired) electrons. The third-order valence-corrected chi connectivity index (χ3v) is 6.48. The SMILES string of the molecule is CCN(CCc1cccs1)S(=O)(=O)c1cnn2ccccc12. The molecule has 5 nitrogen and oxygen atoms in total. The van der Waals surface area contributed by atoms with E-state index in [4.69, 9.17) is 0 Å². The average molecular weight is 335 g/mol. The lowest BCUT2D eigenvalue weighted by molar-refractivity contribution is 0.432. The Bertz CT molecular complexity index is 854. The second-order valence-corrected chi connectivity index (χ2v) is 7.80. The minimum absolute atomic E-state index is 0.265. The van der Waals surface area contributed by atoms with Gasteiger partial charge in [-0.15, -0.1) is 11.3 Å². The van der Waals surface area contributed by atoms with Crippen molar-refractivity contribution in [2.24, 2.45) is 0 Å². The third-order valence-electron chi connectivity index (χ3n) is 3.55. The van der Waals surface area contributed by atoms with Gasteiger partial charge in [-0.3, -0.25) is 0 Å². The molecule has 0 amide bonds. The standard InChI is InChI=1S/C15H17N3O2S2/c1-2-17(10-8-13-6-5-11-21-13)22(19,20)15-12-16-18-9-4-3-7-14(15)18/h3-7,9,11-12H,2,8,10H2,1H3. The predicted molar refractivity (Wildman–Crippen MR) is 87.6 cm³/mol.